The van der Waals surface area contributed by atoms with Crippen LogP contribution in [0.4, 0.5) is 0 Å². The fourth-order valence-electron chi connectivity index (χ4n) is 16.1. The fraction of sp³-hybridized carbons (Fsp3) is 0.829. The van der Waals surface area contributed by atoms with Gasteiger partial charge in [-0.2, -0.15) is 0 Å². The van der Waals surface area contributed by atoms with Gasteiger partial charge in [-0.3, -0.25) is 57.5 Å². The van der Waals surface area contributed by atoms with E-state index in [4.69, 9.17) is 27.9 Å². The number of hydrogen-bond acceptors (Lipinski definition) is 13. The van der Waals surface area contributed by atoms with E-state index >= 15 is 19.2 Å². The fourth-order valence-corrected chi connectivity index (χ4v) is 16.8. The van der Waals surface area contributed by atoms with Gasteiger partial charge in [0.15, 0.2) is 0 Å². The molecule has 0 aromatic rings. The molecule has 3 saturated heterocycles. The van der Waals surface area contributed by atoms with Gasteiger partial charge in [-0.25, -0.2) is 0 Å². The second kappa shape index (κ2) is 36.0. The third-order valence-electron chi connectivity index (χ3n) is 22.8. The zero-order valence-corrected chi connectivity index (χ0v) is 61.3. The van der Waals surface area contributed by atoms with Crippen molar-refractivity contribution in [3.8, 4) is 0 Å². The maximum atomic E-state index is 15.7. The zero-order valence-electron chi connectivity index (χ0n) is 59.8. The number of ether oxygens (including phenoxy) is 1. The lowest BCUT2D eigenvalue weighted by atomic mass is 9.81. The van der Waals surface area contributed by atoms with Gasteiger partial charge in [0, 0.05) is 76.1 Å². The van der Waals surface area contributed by atoms with E-state index < -0.39 is 161 Å². The van der Waals surface area contributed by atoms with Crippen LogP contribution in [0, 0.1) is 23.7 Å². The minimum absolute atomic E-state index is 0.0579. The molecule has 3 N–H and O–H groups in total. The largest absolute Gasteiger partial charge is 0.380 e. The van der Waals surface area contributed by atoms with Gasteiger partial charge in [0.2, 0.25) is 70.9 Å². The molecule has 12 amide bonds. The molecule has 0 aromatic heterocycles. The average molecular weight is 1400 g/mol. The first-order chi connectivity index (χ1) is 46.0. The highest BCUT2D eigenvalue weighted by Crippen LogP contribution is 2.39. The van der Waals surface area contributed by atoms with E-state index in [-0.39, 0.29) is 56.1 Å². The molecule has 0 aromatic carbocycles. The predicted molar refractivity (Wildman–Crippen MR) is 367 cm³/mol. The van der Waals surface area contributed by atoms with Crippen LogP contribution in [0.1, 0.15) is 188 Å². The van der Waals surface area contributed by atoms with Crippen LogP contribution in [0.3, 0.4) is 0 Å². The molecule has 0 radical (unpaired) electrons. The number of methoxy groups -OCH3 is 1. The number of rotatable bonds is 10. The topological polar surface area (TPSA) is 279 Å². The van der Waals surface area contributed by atoms with Crippen LogP contribution in [-0.2, 0) is 62.3 Å². The molecule has 3 heterocycles. The van der Waals surface area contributed by atoms with Gasteiger partial charge in [0.25, 0.3) is 0 Å². The van der Waals surface area contributed by atoms with Crippen LogP contribution < -0.4 is 16.0 Å². The Hall–Kier alpha value is -5.82. The summed E-state index contributed by atoms with van der Waals surface area (Å²) in [4.78, 5) is 190. The van der Waals surface area contributed by atoms with E-state index in [0.717, 1.165) is 75.5 Å². The number of amides is 12. The summed E-state index contributed by atoms with van der Waals surface area (Å²) < 4.78 is 5.73. The van der Waals surface area contributed by atoms with Crippen molar-refractivity contribution in [2.75, 3.05) is 95.7 Å². The second-order valence-corrected chi connectivity index (χ2v) is 30.6. The molecule has 12 atom stereocenters. The summed E-state index contributed by atoms with van der Waals surface area (Å²) in [7, 11) is 11.8. The van der Waals surface area contributed by atoms with Crippen molar-refractivity contribution in [3.05, 3.63) is 0 Å². The van der Waals surface area contributed by atoms with Gasteiger partial charge in [0.1, 0.15) is 47.8 Å². The maximum absolute atomic E-state index is 15.7. The molecule has 3 aliphatic heterocycles. The van der Waals surface area contributed by atoms with E-state index in [9.17, 15) is 38.4 Å². The summed E-state index contributed by atoms with van der Waals surface area (Å²) in [6.07, 6.45) is 14.4. The summed E-state index contributed by atoms with van der Waals surface area (Å²) in [5.41, 5.74) is -1.49. The quantitative estimate of drug-likeness (QED) is 0.254. The number of carbonyl (C=O) groups is 12. The molecule has 7 rings (SSSR count). The molecule has 4 aliphatic carbocycles. The van der Waals surface area contributed by atoms with Crippen molar-refractivity contribution >= 4 is 94.1 Å². The summed E-state index contributed by atoms with van der Waals surface area (Å²) in [6.45, 7) is 4.64. The normalized spacial score (nSPS) is 31.2. The highest BCUT2D eigenvalue weighted by Gasteiger charge is 2.52. The molecule has 546 valence electrons. The third-order valence-corrected chi connectivity index (χ3v) is 23.9. The Labute approximate surface area is 585 Å². The van der Waals surface area contributed by atoms with Crippen molar-refractivity contribution in [1.82, 2.24) is 60.0 Å². The number of alkyl halides is 2. The Morgan fingerprint density at radius 3 is 1.84 bits per heavy atom. The van der Waals surface area contributed by atoms with Crippen molar-refractivity contribution in [1.29, 1.82) is 0 Å². The first-order valence-corrected chi connectivity index (χ1v) is 37.0. The Morgan fingerprint density at radius 1 is 0.598 bits per heavy atom. The third kappa shape index (κ3) is 19.6. The predicted octanol–water partition coefficient (Wildman–Crippen LogP) is 4.51. The van der Waals surface area contributed by atoms with E-state index in [0.29, 0.717) is 77.3 Å². The minimum Gasteiger partial charge on any atom is -0.380 e. The van der Waals surface area contributed by atoms with Crippen molar-refractivity contribution in [2.45, 2.75) is 252 Å². The SMILES string of the molecule is CC[C@H](C)[C@@H]1NC(=O)[C@H](C)N(C)C(=O)C[C@@H](C(=O)N2CCCCC2)N(C)C(=O)[C@H](C2CCCCC2)N(C)C(=O)C2(CCCC2)NC(=O)[C@@H]2CCCN2C(=O)[C@H](CCC2CC(Cl)C(Cl)C(OC)C2)NC(=O)CN(C)C(=O)[C@H](CC2CCCCC2)N(C)C(=O)CN(C)C(=O)CN(C)C1=O. The summed E-state index contributed by atoms with van der Waals surface area (Å²) in [5.74, 6) is -7.64. The molecule has 4 saturated carbocycles. The summed E-state index contributed by atoms with van der Waals surface area (Å²) >= 11 is 13.5. The molecule has 7 fully saturated rings. The number of carbonyl (C=O) groups excluding carboxylic acids is 12. The molecule has 97 heavy (non-hydrogen) atoms. The van der Waals surface area contributed by atoms with Gasteiger partial charge in [0.05, 0.1) is 42.9 Å². The Morgan fingerprint density at radius 2 is 1.21 bits per heavy atom. The second-order valence-electron chi connectivity index (χ2n) is 29.5. The number of nitrogens with one attached hydrogen (secondary N) is 3. The monoisotopic (exact) mass is 1400 g/mol. The first kappa shape index (κ1) is 78.5. The lowest BCUT2D eigenvalue weighted by Crippen LogP contribution is -2.65. The van der Waals surface area contributed by atoms with Crippen molar-refractivity contribution < 1.29 is 62.3 Å². The molecule has 0 bridgehead atoms. The number of piperidine rings is 1. The molecular weight excluding hydrogens is 1290 g/mol. The molecular formula is C70H114Cl2N12O13. The van der Waals surface area contributed by atoms with Crippen LogP contribution in [0.15, 0.2) is 0 Å². The van der Waals surface area contributed by atoms with E-state index in [1.165, 1.54) is 83.5 Å². The first-order valence-electron chi connectivity index (χ1n) is 36.1. The van der Waals surface area contributed by atoms with Crippen LogP contribution in [0.25, 0.3) is 0 Å². The van der Waals surface area contributed by atoms with E-state index in [1.807, 2.05) is 6.92 Å². The lowest BCUT2D eigenvalue weighted by Gasteiger charge is -2.43. The molecule has 4 unspecified atom stereocenters. The van der Waals surface area contributed by atoms with Crippen molar-refractivity contribution in [2.24, 2.45) is 23.7 Å². The van der Waals surface area contributed by atoms with Gasteiger partial charge < -0.3 is 64.8 Å². The average Bonchev–Trinajstić information content (AvgIpc) is 1.71. The minimum atomic E-state index is -1.49. The highest BCUT2D eigenvalue weighted by atomic mass is 35.5. The molecule has 1 spiro atoms. The lowest BCUT2D eigenvalue weighted by molar-refractivity contribution is -0.157. The number of likely N-dealkylation sites (N-methyl/N-ethyl adjacent to an activating group) is 7. The van der Waals surface area contributed by atoms with Crippen LogP contribution >= 0.6 is 23.2 Å². The van der Waals surface area contributed by atoms with E-state index in [1.54, 1.807) is 26.0 Å². The molecule has 25 nitrogen and oxygen atoms in total. The Bertz CT molecular complexity index is 2790. The standard InChI is InChI=1S/C70H114Cl2N12O13/c1-12-44(2)60-67(94)78(6)42-57(87)76(4)43-58(88)80(8)52(38-46-25-16-13-17-26-46)65(92)77(5)41-55(85)73-50(31-30-47-37-49(71)59(72)54(39-47)97-11)64(91)84-36-24-29-51(84)63(90)75-70(32-20-21-33-70)69(96)82(10)61(48-27-18-14-19-28-48)68(95)81(9)53(66(93)83-34-22-15-23-35-83)40-56(86)79(7)45(3)62(89)74-60/h44-54,59-61H,12-43H2,1-11H3,(H,73,85)(H,74,89)(H,75,90)/t44-,45-,47?,49?,50-,51-,52-,53-,54?,59?,60-,61-/m0/s1. The Balaban J connectivity index is 1.26. The number of likely N-dealkylation sites (tertiary alicyclic amines) is 1. The zero-order chi connectivity index (χ0) is 71.2. The maximum Gasteiger partial charge on any atom is 0.248 e. The van der Waals surface area contributed by atoms with Gasteiger partial charge in [-0.15, -0.1) is 23.2 Å². The van der Waals surface area contributed by atoms with Crippen LogP contribution in [-0.4, -0.2) is 275 Å². The van der Waals surface area contributed by atoms with Gasteiger partial charge in [-0.05, 0) is 120 Å². The summed E-state index contributed by atoms with van der Waals surface area (Å²) in [6, 6.07) is -8.11. The van der Waals surface area contributed by atoms with Crippen molar-refractivity contribution in [3.63, 3.8) is 0 Å². The van der Waals surface area contributed by atoms with Crippen LogP contribution in [0.5, 0.6) is 0 Å². The number of fused-ring (bicyclic) bond motifs is 1. The number of hydrogen-bond donors (Lipinski definition) is 3. The van der Waals surface area contributed by atoms with Crippen LogP contribution in [0.2, 0.25) is 0 Å². The number of nitrogens with zero attached hydrogens (tertiary/aromatic N) is 9. The highest BCUT2D eigenvalue weighted by molar-refractivity contribution is 6.30. The summed E-state index contributed by atoms with van der Waals surface area (Å²) in [5, 5.41) is 8.08. The molecule has 7 aliphatic rings. The van der Waals surface area contributed by atoms with Gasteiger partial charge >= 0.3 is 0 Å². The Kier molecular flexibility index (Phi) is 29.1. The molecule has 27 heteroatoms. The van der Waals surface area contributed by atoms with Gasteiger partial charge in [-0.1, -0.05) is 84.5 Å². The smallest absolute Gasteiger partial charge is 0.248 e. The van der Waals surface area contributed by atoms with E-state index in [2.05, 4.69) is 16.0 Å². The number of halogens is 2.